The van der Waals surface area contributed by atoms with Crippen LogP contribution in [0.4, 0.5) is 0 Å². The van der Waals surface area contributed by atoms with Gasteiger partial charge in [-0.2, -0.15) is 0 Å². The Morgan fingerprint density at radius 3 is 2.79 bits per heavy atom. The Kier molecular flexibility index (Phi) is 4.85. The van der Waals surface area contributed by atoms with Crippen LogP contribution in [0.5, 0.6) is 0 Å². The van der Waals surface area contributed by atoms with Crippen LogP contribution >= 0.6 is 0 Å². The Morgan fingerprint density at radius 1 is 1.43 bits per heavy atom. The highest BCUT2D eigenvalue weighted by atomic mass is 16.3. The van der Waals surface area contributed by atoms with E-state index in [1.54, 1.807) is 0 Å². The van der Waals surface area contributed by atoms with Gasteiger partial charge in [0, 0.05) is 31.2 Å². The minimum absolute atomic E-state index is 0.00860. The Morgan fingerprint density at radius 2 is 2.21 bits per heavy atom. The molecular weight excluding hydrogens is 176 g/mol. The van der Waals surface area contributed by atoms with Crippen LogP contribution in [0.25, 0.3) is 0 Å². The summed E-state index contributed by atoms with van der Waals surface area (Å²) in [4.78, 5) is 0. The molecule has 1 unspecified atom stereocenters. The fourth-order valence-electron chi connectivity index (χ4n) is 1.74. The molecule has 0 spiro atoms. The topological polar surface area (TPSA) is 44.3 Å². The van der Waals surface area contributed by atoms with Crippen molar-refractivity contribution in [2.45, 2.75) is 39.2 Å². The summed E-state index contributed by atoms with van der Waals surface area (Å²) in [5.74, 6) is 0. The lowest BCUT2D eigenvalue weighted by Crippen LogP contribution is -2.44. The van der Waals surface area contributed by atoms with Crippen molar-refractivity contribution in [2.75, 3.05) is 26.2 Å². The van der Waals surface area contributed by atoms with Crippen molar-refractivity contribution < 1.29 is 5.11 Å². The van der Waals surface area contributed by atoms with Gasteiger partial charge in [0.1, 0.15) is 0 Å². The second-order valence-corrected chi connectivity index (χ2v) is 5.10. The zero-order valence-corrected chi connectivity index (χ0v) is 9.47. The van der Waals surface area contributed by atoms with Crippen LogP contribution in [-0.2, 0) is 0 Å². The average molecular weight is 200 g/mol. The lowest BCUT2D eigenvalue weighted by Gasteiger charge is -2.27. The molecule has 0 amide bonds. The molecule has 0 aliphatic carbocycles. The summed E-state index contributed by atoms with van der Waals surface area (Å²) in [6, 6.07) is 0.637. The minimum Gasteiger partial charge on any atom is -0.396 e. The molecule has 0 radical (unpaired) electrons. The van der Waals surface area contributed by atoms with E-state index in [-0.39, 0.29) is 12.0 Å². The molecule has 3 N–H and O–H groups in total. The van der Waals surface area contributed by atoms with E-state index in [1.807, 2.05) is 0 Å². The highest BCUT2D eigenvalue weighted by molar-refractivity contribution is 4.77. The summed E-state index contributed by atoms with van der Waals surface area (Å²) in [5.41, 5.74) is 0.00860. The predicted octanol–water partition coefficient (Wildman–Crippen LogP) is 0.737. The zero-order chi connectivity index (χ0) is 10.4. The first-order valence-corrected chi connectivity index (χ1v) is 5.69. The van der Waals surface area contributed by atoms with Crippen molar-refractivity contribution in [3.63, 3.8) is 0 Å². The molecule has 1 fully saturated rings. The number of aliphatic hydroxyl groups is 1. The third-order valence-corrected chi connectivity index (χ3v) is 2.83. The maximum Gasteiger partial charge on any atom is 0.0494 e. The van der Waals surface area contributed by atoms with E-state index >= 15 is 0 Å². The molecule has 0 aromatic carbocycles. The molecule has 1 aliphatic heterocycles. The van der Waals surface area contributed by atoms with Gasteiger partial charge >= 0.3 is 0 Å². The van der Waals surface area contributed by atoms with Crippen LogP contribution in [0.2, 0.25) is 0 Å². The van der Waals surface area contributed by atoms with Gasteiger partial charge in [0.05, 0.1) is 0 Å². The Hall–Kier alpha value is -0.120. The molecule has 0 saturated carbocycles. The number of hydrogen-bond donors (Lipinski definition) is 3. The van der Waals surface area contributed by atoms with E-state index in [2.05, 4.69) is 24.5 Å². The molecule has 3 nitrogen and oxygen atoms in total. The van der Waals surface area contributed by atoms with Crippen LogP contribution in [0.1, 0.15) is 33.1 Å². The zero-order valence-electron chi connectivity index (χ0n) is 9.47. The quantitative estimate of drug-likeness (QED) is 0.613. The number of piperidine rings is 1. The fraction of sp³-hybridized carbons (Fsp3) is 1.00. The Bertz CT molecular complexity index is 153. The van der Waals surface area contributed by atoms with E-state index in [0.29, 0.717) is 6.04 Å². The number of hydrogen-bond acceptors (Lipinski definition) is 3. The van der Waals surface area contributed by atoms with Gasteiger partial charge in [-0.05, 0) is 19.4 Å². The maximum atomic E-state index is 9.08. The first-order valence-electron chi connectivity index (χ1n) is 5.69. The summed E-state index contributed by atoms with van der Waals surface area (Å²) in [6.07, 6.45) is 3.95. The van der Waals surface area contributed by atoms with Gasteiger partial charge in [0.2, 0.25) is 0 Å². The van der Waals surface area contributed by atoms with E-state index in [1.165, 1.54) is 19.3 Å². The molecule has 0 bridgehead atoms. The summed E-state index contributed by atoms with van der Waals surface area (Å²) in [5, 5.41) is 16.0. The SMILES string of the molecule is CC(C)(CO)CNCC1CCCCN1. The van der Waals surface area contributed by atoms with Gasteiger partial charge in [-0.1, -0.05) is 20.3 Å². The van der Waals surface area contributed by atoms with Gasteiger partial charge in [0.15, 0.2) is 0 Å². The second kappa shape index (κ2) is 5.69. The number of nitrogens with one attached hydrogen (secondary N) is 2. The molecule has 14 heavy (non-hydrogen) atoms. The largest absolute Gasteiger partial charge is 0.396 e. The van der Waals surface area contributed by atoms with Crippen molar-refractivity contribution in [3.05, 3.63) is 0 Å². The predicted molar refractivity (Wildman–Crippen MR) is 59.4 cm³/mol. The monoisotopic (exact) mass is 200 g/mol. The molecule has 1 heterocycles. The van der Waals surface area contributed by atoms with Crippen molar-refractivity contribution >= 4 is 0 Å². The summed E-state index contributed by atoms with van der Waals surface area (Å²) in [7, 11) is 0. The Balaban J connectivity index is 2.08. The smallest absolute Gasteiger partial charge is 0.0494 e. The van der Waals surface area contributed by atoms with E-state index < -0.39 is 0 Å². The van der Waals surface area contributed by atoms with Gasteiger partial charge < -0.3 is 15.7 Å². The van der Waals surface area contributed by atoms with Crippen LogP contribution < -0.4 is 10.6 Å². The third kappa shape index (κ3) is 4.40. The van der Waals surface area contributed by atoms with Gasteiger partial charge in [-0.25, -0.2) is 0 Å². The normalized spacial score (nSPS) is 23.8. The highest BCUT2D eigenvalue weighted by Crippen LogP contribution is 2.11. The molecular formula is C11H24N2O. The first kappa shape index (κ1) is 12.0. The van der Waals surface area contributed by atoms with E-state index in [0.717, 1.165) is 19.6 Å². The van der Waals surface area contributed by atoms with Crippen molar-refractivity contribution in [3.8, 4) is 0 Å². The summed E-state index contributed by atoms with van der Waals surface area (Å²) in [6.45, 7) is 7.49. The molecule has 1 saturated heterocycles. The second-order valence-electron chi connectivity index (χ2n) is 5.10. The lowest BCUT2D eigenvalue weighted by atomic mass is 9.95. The van der Waals surface area contributed by atoms with Crippen molar-refractivity contribution in [1.82, 2.24) is 10.6 Å². The van der Waals surface area contributed by atoms with Gasteiger partial charge in [0.25, 0.3) is 0 Å². The minimum atomic E-state index is 0.00860. The molecule has 1 aliphatic rings. The maximum absolute atomic E-state index is 9.08. The molecule has 0 aromatic rings. The molecule has 1 rings (SSSR count). The molecule has 84 valence electrons. The van der Waals surface area contributed by atoms with Crippen LogP contribution in [0.3, 0.4) is 0 Å². The lowest BCUT2D eigenvalue weighted by molar-refractivity contribution is 0.155. The van der Waals surface area contributed by atoms with Crippen molar-refractivity contribution in [2.24, 2.45) is 5.41 Å². The standard InChI is InChI=1S/C11H24N2O/c1-11(2,9-14)8-12-7-10-5-3-4-6-13-10/h10,12-14H,3-9H2,1-2H3. The Labute approximate surface area is 87.3 Å². The third-order valence-electron chi connectivity index (χ3n) is 2.83. The summed E-state index contributed by atoms with van der Waals surface area (Å²) >= 11 is 0. The van der Waals surface area contributed by atoms with Crippen molar-refractivity contribution in [1.29, 1.82) is 0 Å². The van der Waals surface area contributed by atoms with E-state index in [9.17, 15) is 0 Å². The fourth-order valence-corrected chi connectivity index (χ4v) is 1.74. The first-order chi connectivity index (χ1) is 6.64. The number of rotatable bonds is 5. The van der Waals surface area contributed by atoms with Gasteiger partial charge in [-0.15, -0.1) is 0 Å². The van der Waals surface area contributed by atoms with E-state index in [4.69, 9.17) is 5.11 Å². The van der Waals surface area contributed by atoms with Crippen LogP contribution in [-0.4, -0.2) is 37.4 Å². The van der Waals surface area contributed by atoms with Crippen LogP contribution in [0, 0.1) is 5.41 Å². The highest BCUT2D eigenvalue weighted by Gasteiger charge is 2.17. The average Bonchev–Trinajstić information content (AvgIpc) is 2.19. The van der Waals surface area contributed by atoms with Gasteiger partial charge in [-0.3, -0.25) is 0 Å². The summed E-state index contributed by atoms with van der Waals surface area (Å²) < 4.78 is 0. The van der Waals surface area contributed by atoms with Crippen LogP contribution in [0.15, 0.2) is 0 Å². The molecule has 0 aromatic heterocycles. The number of aliphatic hydroxyl groups excluding tert-OH is 1. The molecule has 1 atom stereocenters. The molecule has 3 heteroatoms.